The molecule has 1 aromatic carbocycles. The lowest BCUT2D eigenvalue weighted by Gasteiger charge is -2.05. The van der Waals surface area contributed by atoms with Gasteiger partial charge in [0.05, 0.1) is 5.69 Å². The van der Waals surface area contributed by atoms with Gasteiger partial charge in [-0.1, -0.05) is 16.1 Å². The summed E-state index contributed by atoms with van der Waals surface area (Å²) in [6, 6.07) is 2.04. The Morgan fingerprint density at radius 2 is 2.18 bits per heavy atom. The SMILES string of the molecule is O=C(Nc1ccc(F)c(Cl)c1F)c1csnn1. The van der Waals surface area contributed by atoms with Gasteiger partial charge in [-0.3, -0.25) is 4.79 Å². The normalized spacial score (nSPS) is 10.3. The summed E-state index contributed by atoms with van der Waals surface area (Å²) in [6.45, 7) is 0. The molecule has 0 atom stereocenters. The van der Waals surface area contributed by atoms with Crippen LogP contribution in [0.2, 0.25) is 5.02 Å². The van der Waals surface area contributed by atoms with Gasteiger partial charge in [0.15, 0.2) is 11.5 Å². The molecule has 0 bridgehead atoms. The highest BCUT2D eigenvalue weighted by atomic mass is 35.5. The summed E-state index contributed by atoms with van der Waals surface area (Å²) in [6.07, 6.45) is 0. The summed E-state index contributed by atoms with van der Waals surface area (Å²) in [5.41, 5.74) is -0.163. The topological polar surface area (TPSA) is 54.9 Å². The first kappa shape index (κ1) is 11.9. The Kier molecular flexibility index (Phi) is 3.30. The van der Waals surface area contributed by atoms with E-state index in [1.54, 1.807) is 0 Å². The molecule has 0 aliphatic heterocycles. The van der Waals surface area contributed by atoms with Gasteiger partial charge < -0.3 is 5.32 Å². The van der Waals surface area contributed by atoms with E-state index in [4.69, 9.17) is 11.6 Å². The largest absolute Gasteiger partial charge is 0.318 e. The number of carbonyl (C=O) groups excluding carboxylic acids is 1. The molecule has 0 spiro atoms. The second-order valence-electron chi connectivity index (χ2n) is 2.97. The average molecular weight is 276 g/mol. The molecule has 1 N–H and O–H groups in total. The number of aromatic nitrogens is 2. The van der Waals surface area contributed by atoms with Gasteiger partial charge in [-0.25, -0.2) is 8.78 Å². The number of anilines is 1. The van der Waals surface area contributed by atoms with E-state index in [0.29, 0.717) is 0 Å². The molecule has 2 rings (SSSR count). The molecule has 0 aliphatic rings. The minimum absolute atomic E-state index is 0.0508. The van der Waals surface area contributed by atoms with Crippen LogP contribution in [0.15, 0.2) is 17.5 Å². The maximum Gasteiger partial charge on any atom is 0.277 e. The van der Waals surface area contributed by atoms with Crippen molar-refractivity contribution in [1.82, 2.24) is 9.59 Å². The molecule has 1 heterocycles. The predicted molar refractivity (Wildman–Crippen MR) is 59.2 cm³/mol. The molecule has 0 fully saturated rings. The number of carbonyl (C=O) groups is 1. The van der Waals surface area contributed by atoms with Crippen LogP contribution in [-0.2, 0) is 0 Å². The lowest BCUT2D eigenvalue weighted by Crippen LogP contribution is -2.13. The van der Waals surface area contributed by atoms with Crippen LogP contribution < -0.4 is 5.32 Å². The standard InChI is InChI=1S/C9H4ClF2N3OS/c10-7-4(11)1-2-5(8(7)12)13-9(16)6-3-17-15-14-6/h1-3H,(H,13,16). The van der Waals surface area contributed by atoms with Crippen LogP contribution in [0.1, 0.15) is 10.5 Å². The fourth-order valence-electron chi connectivity index (χ4n) is 1.07. The summed E-state index contributed by atoms with van der Waals surface area (Å²) >= 11 is 6.35. The summed E-state index contributed by atoms with van der Waals surface area (Å²) in [5, 5.41) is 6.46. The highest BCUT2D eigenvalue weighted by Gasteiger charge is 2.15. The van der Waals surface area contributed by atoms with Crippen molar-refractivity contribution < 1.29 is 13.6 Å². The molecule has 17 heavy (non-hydrogen) atoms. The molecule has 4 nitrogen and oxygen atoms in total. The fraction of sp³-hybridized carbons (Fsp3) is 0. The number of hydrogen-bond acceptors (Lipinski definition) is 4. The Morgan fingerprint density at radius 3 is 2.82 bits per heavy atom. The van der Waals surface area contributed by atoms with Crippen molar-refractivity contribution >= 4 is 34.7 Å². The summed E-state index contributed by atoms with van der Waals surface area (Å²) in [5.74, 6) is -2.55. The second kappa shape index (κ2) is 4.72. The summed E-state index contributed by atoms with van der Waals surface area (Å²) in [7, 11) is 0. The van der Waals surface area contributed by atoms with E-state index in [1.807, 2.05) is 0 Å². The lowest BCUT2D eigenvalue weighted by atomic mass is 10.3. The van der Waals surface area contributed by atoms with Gasteiger partial charge in [0.2, 0.25) is 0 Å². The number of benzene rings is 1. The minimum Gasteiger partial charge on any atom is -0.318 e. The Hall–Kier alpha value is -1.60. The zero-order chi connectivity index (χ0) is 12.4. The molecule has 88 valence electrons. The van der Waals surface area contributed by atoms with Gasteiger partial charge in [0, 0.05) is 5.38 Å². The van der Waals surface area contributed by atoms with E-state index in [9.17, 15) is 13.6 Å². The van der Waals surface area contributed by atoms with Crippen molar-refractivity contribution in [1.29, 1.82) is 0 Å². The van der Waals surface area contributed by atoms with E-state index in [0.717, 1.165) is 23.7 Å². The van der Waals surface area contributed by atoms with E-state index < -0.39 is 22.6 Å². The van der Waals surface area contributed by atoms with Crippen molar-refractivity contribution in [2.75, 3.05) is 5.32 Å². The quantitative estimate of drug-likeness (QED) is 0.858. The van der Waals surface area contributed by atoms with E-state index >= 15 is 0 Å². The van der Waals surface area contributed by atoms with Crippen molar-refractivity contribution in [3.63, 3.8) is 0 Å². The Bertz CT molecular complexity index is 562. The third-order valence-electron chi connectivity index (χ3n) is 1.88. The van der Waals surface area contributed by atoms with Gasteiger partial charge in [-0.2, -0.15) is 0 Å². The average Bonchev–Trinajstić information content (AvgIpc) is 2.83. The first-order chi connectivity index (χ1) is 8.09. The number of amides is 1. The van der Waals surface area contributed by atoms with Crippen molar-refractivity contribution in [3.8, 4) is 0 Å². The van der Waals surface area contributed by atoms with Crippen molar-refractivity contribution in [3.05, 3.63) is 39.9 Å². The predicted octanol–water partition coefficient (Wildman–Crippen LogP) is 2.72. The number of hydrogen-bond donors (Lipinski definition) is 1. The lowest BCUT2D eigenvalue weighted by molar-refractivity contribution is 0.102. The number of halogens is 3. The van der Waals surface area contributed by atoms with Crippen LogP contribution in [0.5, 0.6) is 0 Å². The molecular weight excluding hydrogens is 272 g/mol. The molecule has 0 aliphatic carbocycles. The zero-order valence-electron chi connectivity index (χ0n) is 8.08. The van der Waals surface area contributed by atoms with Gasteiger partial charge in [0.25, 0.3) is 5.91 Å². The number of nitrogens with one attached hydrogen (secondary N) is 1. The second-order valence-corrected chi connectivity index (χ2v) is 3.95. The molecule has 8 heteroatoms. The Labute approximate surface area is 103 Å². The molecule has 1 amide bonds. The molecule has 0 unspecified atom stereocenters. The fourth-order valence-corrected chi connectivity index (χ4v) is 1.67. The van der Waals surface area contributed by atoms with Gasteiger partial charge in [-0.15, -0.1) is 5.10 Å². The van der Waals surface area contributed by atoms with Crippen molar-refractivity contribution in [2.24, 2.45) is 0 Å². The third kappa shape index (κ3) is 2.40. The van der Waals surface area contributed by atoms with E-state index in [-0.39, 0.29) is 11.4 Å². The highest BCUT2D eigenvalue weighted by molar-refractivity contribution is 7.03. The molecule has 0 saturated carbocycles. The van der Waals surface area contributed by atoms with Gasteiger partial charge in [-0.05, 0) is 23.7 Å². The van der Waals surface area contributed by atoms with E-state index in [1.165, 1.54) is 5.38 Å². The van der Waals surface area contributed by atoms with Crippen LogP contribution >= 0.6 is 23.1 Å². The van der Waals surface area contributed by atoms with Crippen molar-refractivity contribution in [2.45, 2.75) is 0 Å². The maximum absolute atomic E-state index is 13.4. The summed E-state index contributed by atoms with van der Waals surface area (Å²) in [4.78, 5) is 11.5. The van der Waals surface area contributed by atoms with E-state index in [2.05, 4.69) is 14.9 Å². The highest BCUT2D eigenvalue weighted by Crippen LogP contribution is 2.25. The molecule has 1 aromatic heterocycles. The van der Waals surface area contributed by atoms with Crippen LogP contribution in [0.3, 0.4) is 0 Å². The maximum atomic E-state index is 13.4. The summed E-state index contributed by atoms with van der Waals surface area (Å²) < 4.78 is 29.8. The first-order valence-electron chi connectivity index (χ1n) is 4.31. The minimum atomic E-state index is -1.02. The molecule has 0 saturated heterocycles. The van der Waals surface area contributed by atoms with Crippen LogP contribution in [-0.4, -0.2) is 15.5 Å². The molecule has 2 aromatic rings. The van der Waals surface area contributed by atoms with Crippen LogP contribution in [0.4, 0.5) is 14.5 Å². The number of nitrogens with zero attached hydrogens (tertiary/aromatic N) is 2. The number of rotatable bonds is 2. The van der Waals surface area contributed by atoms with Gasteiger partial charge >= 0.3 is 0 Å². The Balaban J connectivity index is 2.25. The van der Waals surface area contributed by atoms with Crippen LogP contribution in [0.25, 0.3) is 0 Å². The smallest absolute Gasteiger partial charge is 0.277 e. The zero-order valence-corrected chi connectivity index (χ0v) is 9.65. The van der Waals surface area contributed by atoms with Crippen LogP contribution in [0, 0.1) is 11.6 Å². The Morgan fingerprint density at radius 1 is 1.41 bits per heavy atom. The molecule has 0 radical (unpaired) electrons. The first-order valence-corrected chi connectivity index (χ1v) is 5.53. The van der Waals surface area contributed by atoms with Gasteiger partial charge in [0.1, 0.15) is 10.8 Å². The third-order valence-corrected chi connectivity index (χ3v) is 2.73. The molecular formula is C9H4ClF2N3OS. The monoisotopic (exact) mass is 275 g/mol.